The molecule has 0 aromatic heterocycles. The zero-order valence-electron chi connectivity index (χ0n) is 18.4. The molecule has 0 radical (unpaired) electrons. The van der Waals surface area contributed by atoms with Crippen LogP contribution in [-0.2, 0) is 20.2 Å². The average molecular weight is 482 g/mol. The van der Waals surface area contributed by atoms with Crippen LogP contribution in [0.15, 0.2) is 48.5 Å². The van der Waals surface area contributed by atoms with E-state index in [1.54, 1.807) is 19.1 Å². The molecule has 6 unspecified atom stereocenters. The molecule has 33 heavy (non-hydrogen) atoms. The topological polar surface area (TPSA) is 146 Å². The van der Waals surface area contributed by atoms with Crippen molar-refractivity contribution >= 4 is 7.60 Å². The van der Waals surface area contributed by atoms with E-state index >= 15 is 0 Å². The summed E-state index contributed by atoms with van der Waals surface area (Å²) in [6, 6.07) is 14.7. The number of hydrogen-bond acceptors (Lipinski definition) is 8. The lowest BCUT2D eigenvalue weighted by Crippen LogP contribution is -2.60. The first kappa shape index (κ1) is 25.8. The van der Waals surface area contributed by atoms with Gasteiger partial charge in [0.25, 0.3) is 0 Å². The standard InChI is InChI=1S/C23H31O9P/c1-2-30-33(28,29)12-6-8-15-7-5-9-16(13-15)17-10-3-4-11-18(17)31-23-22(27)21(26)20(25)19(14-24)32-23/h3-5,7,9-11,13,19-27H,2,6,8,12,14H2,1H3,(H,28,29). The van der Waals surface area contributed by atoms with Crippen LogP contribution in [0, 0.1) is 0 Å². The molecule has 1 heterocycles. The fourth-order valence-electron chi connectivity index (χ4n) is 3.74. The molecule has 0 aliphatic carbocycles. The maximum Gasteiger partial charge on any atom is 0.328 e. The Bertz CT molecular complexity index is 951. The SMILES string of the molecule is CCOP(=O)(O)CCCc1cccc(-c2ccccc2OC2OC(CO)C(O)C(O)C2O)c1. The van der Waals surface area contributed by atoms with Crippen molar-refractivity contribution in [2.45, 2.75) is 50.5 Å². The van der Waals surface area contributed by atoms with Crippen LogP contribution in [0.25, 0.3) is 11.1 Å². The summed E-state index contributed by atoms with van der Waals surface area (Å²) in [4.78, 5) is 9.75. The average Bonchev–Trinajstić information content (AvgIpc) is 2.80. The zero-order valence-corrected chi connectivity index (χ0v) is 19.3. The van der Waals surface area contributed by atoms with E-state index in [1.165, 1.54) is 0 Å². The lowest BCUT2D eigenvalue weighted by Gasteiger charge is -2.39. The normalized spacial score (nSPS) is 27.2. The number of para-hydroxylation sites is 1. The molecule has 0 spiro atoms. The molecule has 0 saturated carbocycles. The zero-order chi connectivity index (χ0) is 24.0. The summed E-state index contributed by atoms with van der Waals surface area (Å²) < 4.78 is 28.1. The number of ether oxygens (including phenoxy) is 2. The van der Waals surface area contributed by atoms with Crippen LogP contribution in [0.2, 0.25) is 0 Å². The van der Waals surface area contributed by atoms with Gasteiger partial charge in [-0.1, -0.05) is 42.5 Å². The van der Waals surface area contributed by atoms with E-state index in [4.69, 9.17) is 14.0 Å². The van der Waals surface area contributed by atoms with Crippen molar-refractivity contribution in [1.29, 1.82) is 0 Å². The maximum absolute atomic E-state index is 11.9. The van der Waals surface area contributed by atoms with Crippen LogP contribution < -0.4 is 4.74 Å². The molecule has 10 heteroatoms. The summed E-state index contributed by atoms with van der Waals surface area (Å²) in [5.41, 5.74) is 2.50. The molecular formula is C23H31O9P. The Morgan fingerprint density at radius 2 is 1.79 bits per heavy atom. The number of aliphatic hydroxyl groups excluding tert-OH is 4. The summed E-state index contributed by atoms with van der Waals surface area (Å²) in [6.45, 7) is 1.32. The highest BCUT2D eigenvalue weighted by molar-refractivity contribution is 7.52. The fourth-order valence-corrected chi connectivity index (χ4v) is 4.83. The first-order valence-electron chi connectivity index (χ1n) is 10.9. The number of rotatable bonds is 10. The summed E-state index contributed by atoms with van der Waals surface area (Å²) in [6.07, 6.45) is -5.72. The van der Waals surface area contributed by atoms with Gasteiger partial charge >= 0.3 is 7.60 Å². The van der Waals surface area contributed by atoms with Crippen molar-refractivity contribution in [2.75, 3.05) is 19.4 Å². The Labute approximate surface area is 192 Å². The molecule has 2 aromatic carbocycles. The minimum Gasteiger partial charge on any atom is -0.461 e. The molecule has 9 nitrogen and oxygen atoms in total. The molecule has 182 valence electrons. The van der Waals surface area contributed by atoms with Gasteiger partial charge in [-0.05, 0) is 37.0 Å². The summed E-state index contributed by atoms with van der Waals surface area (Å²) >= 11 is 0. The number of aryl methyl sites for hydroxylation is 1. The highest BCUT2D eigenvalue weighted by Crippen LogP contribution is 2.42. The van der Waals surface area contributed by atoms with Crippen LogP contribution in [-0.4, -0.2) is 75.4 Å². The highest BCUT2D eigenvalue weighted by atomic mass is 31.2. The van der Waals surface area contributed by atoms with E-state index in [1.807, 2.05) is 36.4 Å². The predicted molar refractivity (Wildman–Crippen MR) is 121 cm³/mol. The van der Waals surface area contributed by atoms with Crippen molar-refractivity contribution in [2.24, 2.45) is 0 Å². The Morgan fingerprint density at radius 1 is 1.03 bits per heavy atom. The molecule has 2 aromatic rings. The Kier molecular flexibility index (Phi) is 9.03. The van der Waals surface area contributed by atoms with E-state index in [0.29, 0.717) is 24.2 Å². The maximum atomic E-state index is 11.9. The quantitative estimate of drug-likeness (QED) is 0.319. The fraction of sp³-hybridized carbons (Fsp3) is 0.478. The van der Waals surface area contributed by atoms with Crippen molar-refractivity contribution in [3.63, 3.8) is 0 Å². The largest absolute Gasteiger partial charge is 0.461 e. The van der Waals surface area contributed by atoms with Gasteiger partial charge in [-0.2, -0.15) is 0 Å². The highest BCUT2D eigenvalue weighted by Gasteiger charge is 2.44. The second-order valence-electron chi connectivity index (χ2n) is 7.89. The third kappa shape index (κ3) is 6.62. The van der Waals surface area contributed by atoms with Crippen molar-refractivity contribution < 1.29 is 43.9 Å². The Hall–Kier alpha value is -1.81. The summed E-state index contributed by atoms with van der Waals surface area (Å²) in [5.74, 6) is 0.384. The molecule has 1 aliphatic heterocycles. The second kappa shape index (κ2) is 11.6. The summed E-state index contributed by atoms with van der Waals surface area (Å²) in [5, 5.41) is 39.7. The van der Waals surface area contributed by atoms with Gasteiger partial charge in [0.1, 0.15) is 30.2 Å². The van der Waals surface area contributed by atoms with Gasteiger partial charge in [-0.15, -0.1) is 0 Å². The minimum atomic E-state index is -3.56. The van der Waals surface area contributed by atoms with Crippen molar-refractivity contribution in [1.82, 2.24) is 0 Å². The van der Waals surface area contributed by atoms with Gasteiger partial charge in [0.2, 0.25) is 6.29 Å². The van der Waals surface area contributed by atoms with Crippen molar-refractivity contribution in [3.8, 4) is 16.9 Å². The molecule has 1 saturated heterocycles. The van der Waals surface area contributed by atoms with Crippen LogP contribution in [0.1, 0.15) is 18.9 Å². The van der Waals surface area contributed by atoms with Gasteiger partial charge in [0.15, 0.2) is 0 Å². The third-order valence-electron chi connectivity index (χ3n) is 5.45. The van der Waals surface area contributed by atoms with Gasteiger partial charge in [0.05, 0.1) is 19.4 Å². The first-order chi connectivity index (χ1) is 15.8. The molecule has 1 aliphatic rings. The third-order valence-corrected chi connectivity index (χ3v) is 7.00. The Morgan fingerprint density at radius 3 is 2.52 bits per heavy atom. The number of benzene rings is 2. The van der Waals surface area contributed by atoms with E-state index in [0.717, 1.165) is 11.1 Å². The molecular weight excluding hydrogens is 451 g/mol. The number of hydrogen-bond donors (Lipinski definition) is 5. The van der Waals surface area contributed by atoms with Crippen LogP contribution in [0.3, 0.4) is 0 Å². The van der Waals surface area contributed by atoms with Crippen molar-refractivity contribution in [3.05, 3.63) is 54.1 Å². The van der Waals surface area contributed by atoms with E-state index in [2.05, 4.69) is 0 Å². The molecule has 3 rings (SSSR count). The van der Waals surface area contributed by atoms with Crippen LogP contribution in [0.5, 0.6) is 5.75 Å². The minimum absolute atomic E-state index is 0.0713. The van der Waals surface area contributed by atoms with Gasteiger partial charge in [0, 0.05) is 5.56 Å². The molecule has 0 bridgehead atoms. The molecule has 1 fully saturated rings. The van der Waals surface area contributed by atoms with Gasteiger partial charge in [-0.3, -0.25) is 4.57 Å². The first-order valence-corrected chi connectivity index (χ1v) is 12.6. The van der Waals surface area contributed by atoms with E-state index in [9.17, 15) is 29.9 Å². The molecule has 5 N–H and O–H groups in total. The summed E-state index contributed by atoms with van der Waals surface area (Å²) in [7, 11) is -3.56. The van der Waals surface area contributed by atoms with Gasteiger partial charge < -0.3 is 39.3 Å². The smallest absolute Gasteiger partial charge is 0.328 e. The van der Waals surface area contributed by atoms with E-state index in [-0.39, 0.29) is 12.8 Å². The van der Waals surface area contributed by atoms with Gasteiger partial charge in [-0.25, -0.2) is 0 Å². The molecule has 6 atom stereocenters. The van der Waals surface area contributed by atoms with Crippen LogP contribution >= 0.6 is 7.60 Å². The predicted octanol–water partition coefficient (Wildman–Crippen LogP) is 1.69. The second-order valence-corrected chi connectivity index (χ2v) is 9.87. The van der Waals surface area contributed by atoms with Crippen LogP contribution in [0.4, 0.5) is 0 Å². The lowest BCUT2D eigenvalue weighted by molar-refractivity contribution is -0.277. The molecule has 0 amide bonds. The Balaban J connectivity index is 1.75. The van der Waals surface area contributed by atoms with E-state index < -0.39 is 44.9 Å². The lowest BCUT2D eigenvalue weighted by atomic mass is 9.98. The monoisotopic (exact) mass is 482 g/mol. The number of aliphatic hydroxyl groups is 4.